The number of hydrogen-bond donors (Lipinski definition) is 2. The zero-order valence-electron chi connectivity index (χ0n) is 12.3. The van der Waals surface area contributed by atoms with Gasteiger partial charge in [-0.15, -0.1) is 11.3 Å². The van der Waals surface area contributed by atoms with E-state index in [4.69, 9.17) is 5.11 Å². The summed E-state index contributed by atoms with van der Waals surface area (Å²) in [6, 6.07) is 0. The van der Waals surface area contributed by atoms with E-state index in [0.717, 1.165) is 57.4 Å². The predicted octanol–water partition coefficient (Wildman–Crippen LogP) is 1.46. The quantitative estimate of drug-likeness (QED) is 0.798. The fraction of sp³-hybridized carbons (Fsp3) is 0.786. The van der Waals surface area contributed by atoms with Crippen LogP contribution in [0.1, 0.15) is 24.6 Å². The molecule has 0 aliphatic carbocycles. The molecule has 2 heterocycles. The summed E-state index contributed by atoms with van der Waals surface area (Å²) in [5.74, 6) is 0. The highest BCUT2D eigenvalue weighted by Gasteiger charge is 2.15. The van der Waals surface area contributed by atoms with Crippen LogP contribution in [0.3, 0.4) is 0 Å². The molecule has 1 aliphatic rings. The molecule has 0 spiro atoms. The number of rotatable bonds is 7. The number of aliphatic hydroxyl groups excluding tert-OH is 1. The molecular weight excluding hydrogens is 272 g/mol. The number of β-amino-alcohol motifs (C(OH)–C–C–N with tert-alkyl or cyclic N) is 1. The second-order valence-electron chi connectivity index (χ2n) is 5.25. The highest BCUT2D eigenvalue weighted by Crippen LogP contribution is 2.20. The van der Waals surface area contributed by atoms with Gasteiger partial charge in [0.15, 0.2) is 5.13 Å². The van der Waals surface area contributed by atoms with E-state index in [1.807, 2.05) is 6.20 Å². The Labute approximate surface area is 125 Å². The number of aliphatic hydroxyl groups is 1. The second-order valence-corrected chi connectivity index (χ2v) is 6.37. The van der Waals surface area contributed by atoms with Gasteiger partial charge in [0.05, 0.1) is 6.61 Å². The predicted molar refractivity (Wildman–Crippen MR) is 84.3 cm³/mol. The van der Waals surface area contributed by atoms with Gasteiger partial charge in [0.1, 0.15) is 0 Å². The molecule has 0 bridgehead atoms. The van der Waals surface area contributed by atoms with Gasteiger partial charge >= 0.3 is 0 Å². The lowest BCUT2D eigenvalue weighted by molar-refractivity contribution is 0.196. The maximum Gasteiger partial charge on any atom is 0.182 e. The first-order chi connectivity index (χ1) is 9.81. The summed E-state index contributed by atoms with van der Waals surface area (Å²) in [7, 11) is 0. The molecule has 114 valence electrons. The number of aromatic nitrogens is 1. The zero-order chi connectivity index (χ0) is 14.2. The van der Waals surface area contributed by atoms with E-state index in [1.54, 1.807) is 11.3 Å². The van der Waals surface area contributed by atoms with Crippen molar-refractivity contribution >= 4 is 16.5 Å². The van der Waals surface area contributed by atoms with E-state index in [2.05, 4.69) is 27.0 Å². The van der Waals surface area contributed by atoms with Crippen LogP contribution in [0, 0.1) is 0 Å². The maximum absolute atomic E-state index is 9.02. The first-order valence-corrected chi connectivity index (χ1v) is 8.37. The van der Waals surface area contributed by atoms with Gasteiger partial charge in [-0.3, -0.25) is 9.80 Å². The molecule has 20 heavy (non-hydrogen) atoms. The van der Waals surface area contributed by atoms with Crippen molar-refractivity contribution in [1.82, 2.24) is 14.8 Å². The molecule has 6 heteroatoms. The Morgan fingerprint density at radius 2 is 2.10 bits per heavy atom. The van der Waals surface area contributed by atoms with Crippen LogP contribution in [-0.4, -0.2) is 65.8 Å². The highest BCUT2D eigenvalue weighted by atomic mass is 32.1. The molecule has 5 nitrogen and oxygen atoms in total. The van der Waals surface area contributed by atoms with Gasteiger partial charge in [-0.1, -0.05) is 6.92 Å². The SMILES string of the molecule is CCCNc1ncc(CN2CCCN(CCO)CC2)s1. The summed E-state index contributed by atoms with van der Waals surface area (Å²) in [5, 5.41) is 13.4. The van der Waals surface area contributed by atoms with Crippen molar-refractivity contribution < 1.29 is 5.11 Å². The van der Waals surface area contributed by atoms with Gasteiger partial charge in [0.2, 0.25) is 0 Å². The molecule has 1 aromatic rings. The topological polar surface area (TPSA) is 51.6 Å². The molecule has 1 fully saturated rings. The Kier molecular flexibility index (Phi) is 6.72. The largest absolute Gasteiger partial charge is 0.395 e. The number of nitrogens with zero attached hydrogens (tertiary/aromatic N) is 3. The van der Waals surface area contributed by atoms with Crippen molar-refractivity contribution in [2.24, 2.45) is 0 Å². The summed E-state index contributed by atoms with van der Waals surface area (Å²) in [6.07, 6.45) is 4.31. The minimum atomic E-state index is 0.265. The summed E-state index contributed by atoms with van der Waals surface area (Å²) in [4.78, 5) is 10.6. The van der Waals surface area contributed by atoms with Crippen LogP contribution in [0.4, 0.5) is 5.13 Å². The van der Waals surface area contributed by atoms with Crippen molar-refractivity contribution in [3.8, 4) is 0 Å². The molecule has 0 aromatic carbocycles. The number of anilines is 1. The second kappa shape index (κ2) is 8.56. The molecule has 2 N–H and O–H groups in total. The first kappa shape index (κ1) is 15.7. The molecule has 0 atom stereocenters. The average Bonchev–Trinajstić information content (AvgIpc) is 2.77. The van der Waals surface area contributed by atoms with Gasteiger partial charge in [-0.25, -0.2) is 4.98 Å². The smallest absolute Gasteiger partial charge is 0.182 e. The third-order valence-corrected chi connectivity index (χ3v) is 4.50. The van der Waals surface area contributed by atoms with Gasteiger partial charge in [0, 0.05) is 43.8 Å². The average molecular weight is 298 g/mol. The molecule has 2 rings (SSSR count). The lowest BCUT2D eigenvalue weighted by Gasteiger charge is -2.20. The van der Waals surface area contributed by atoms with Crippen LogP contribution in [-0.2, 0) is 6.54 Å². The zero-order valence-corrected chi connectivity index (χ0v) is 13.2. The molecule has 1 aromatic heterocycles. The minimum absolute atomic E-state index is 0.265. The van der Waals surface area contributed by atoms with Crippen LogP contribution in [0.25, 0.3) is 0 Å². The van der Waals surface area contributed by atoms with Crippen molar-refractivity contribution in [1.29, 1.82) is 0 Å². The third kappa shape index (κ3) is 5.01. The summed E-state index contributed by atoms with van der Waals surface area (Å²) >= 11 is 1.77. The number of nitrogens with one attached hydrogen (secondary N) is 1. The van der Waals surface area contributed by atoms with E-state index >= 15 is 0 Å². The Bertz CT molecular complexity index is 385. The lowest BCUT2D eigenvalue weighted by Crippen LogP contribution is -2.32. The fourth-order valence-corrected chi connectivity index (χ4v) is 3.34. The first-order valence-electron chi connectivity index (χ1n) is 7.56. The van der Waals surface area contributed by atoms with E-state index in [1.165, 1.54) is 11.3 Å². The van der Waals surface area contributed by atoms with Crippen LogP contribution in [0.2, 0.25) is 0 Å². The molecule has 0 saturated carbocycles. The number of thiazole rings is 1. The molecule has 1 aliphatic heterocycles. The van der Waals surface area contributed by atoms with Crippen molar-refractivity contribution in [3.05, 3.63) is 11.1 Å². The fourth-order valence-electron chi connectivity index (χ4n) is 2.46. The van der Waals surface area contributed by atoms with Crippen LogP contribution >= 0.6 is 11.3 Å². The molecule has 0 radical (unpaired) electrons. The number of hydrogen-bond acceptors (Lipinski definition) is 6. The Morgan fingerprint density at radius 1 is 1.30 bits per heavy atom. The third-order valence-electron chi connectivity index (χ3n) is 3.56. The summed E-state index contributed by atoms with van der Waals surface area (Å²) in [5.41, 5.74) is 0. The van der Waals surface area contributed by atoms with Crippen LogP contribution in [0.15, 0.2) is 6.20 Å². The maximum atomic E-state index is 9.02. The lowest BCUT2D eigenvalue weighted by atomic mass is 10.3. The van der Waals surface area contributed by atoms with Crippen molar-refractivity contribution in [2.45, 2.75) is 26.3 Å². The van der Waals surface area contributed by atoms with Gasteiger partial charge in [-0.2, -0.15) is 0 Å². The van der Waals surface area contributed by atoms with Gasteiger partial charge < -0.3 is 10.4 Å². The summed E-state index contributed by atoms with van der Waals surface area (Å²) in [6.45, 7) is 9.60. The van der Waals surface area contributed by atoms with E-state index in [9.17, 15) is 0 Å². The normalized spacial score (nSPS) is 18.1. The highest BCUT2D eigenvalue weighted by molar-refractivity contribution is 7.15. The van der Waals surface area contributed by atoms with Crippen molar-refractivity contribution in [2.75, 3.05) is 51.2 Å². The summed E-state index contributed by atoms with van der Waals surface area (Å²) < 4.78 is 0. The monoisotopic (exact) mass is 298 g/mol. The van der Waals surface area contributed by atoms with Crippen LogP contribution in [0.5, 0.6) is 0 Å². The Morgan fingerprint density at radius 3 is 2.90 bits per heavy atom. The Balaban J connectivity index is 1.79. The standard InChI is InChI=1S/C14H26N4OS/c1-2-4-15-14-16-11-13(20-14)12-18-6-3-5-17(7-8-18)9-10-19/h11,19H,2-10,12H2,1H3,(H,15,16). The van der Waals surface area contributed by atoms with E-state index < -0.39 is 0 Å². The van der Waals surface area contributed by atoms with E-state index in [-0.39, 0.29) is 6.61 Å². The van der Waals surface area contributed by atoms with Crippen molar-refractivity contribution in [3.63, 3.8) is 0 Å². The molecular formula is C14H26N4OS. The van der Waals surface area contributed by atoms with E-state index in [0.29, 0.717) is 0 Å². The molecule has 0 amide bonds. The molecule has 0 unspecified atom stereocenters. The molecule has 1 saturated heterocycles. The Hall–Kier alpha value is -0.690. The van der Waals surface area contributed by atoms with Gasteiger partial charge in [-0.05, 0) is 25.9 Å². The van der Waals surface area contributed by atoms with Crippen LogP contribution < -0.4 is 5.32 Å². The van der Waals surface area contributed by atoms with Gasteiger partial charge in [0.25, 0.3) is 0 Å². The minimum Gasteiger partial charge on any atom is -0.395 e.